The zero-order valence-corrected chi connectivity index (χ0v) is 17.4. The van der Waals surface area contributed by atoms with Crippen molar-refractivity contribution in [1.82, 2.24) is 10.0 Å². The Balaban J connectivity index is 2.13. The minimum atomic E-state index is -4.29. The number of amides is 1. The summed E-state index contributed by atoms with van der Waals surface area (Å²) in [6.45, 7) is 5.02. The molecule has 9 nitrogen and oxygen atoms in total. The Kier molecular flexibility index (Phi) is 6.96. The number of hydrogen-bond donors (Lipinski definition) is 3. The van der Waals surface area contributed by atoms with E-state index in [2.05, 4.69) is 5.32 Å². The van der Waals surface area contributed by atoms with Crippen LogP contribution in [0.3, 0.4) is 0 Å². The molecule has 10 heteroatoms. The van der Waals surface area contributed by atoms with Gasteiger partial charge in [0.1, 0.15) is 5.75 Å². The van der Waals surface area contributed by atoms with Gasteiger partial charge in [0.15, 0.2) is 6.17 Å². The first-order valence-electron chi connectivity index (χ1n) is 8.83. The fraction of sp³-hybridized carbons (Fsp3) is 0.250. The van der Waals surface area contributed by atoms with Crippen LogP contribution in [0.15, 0.2) is 59.5 Å². The molecule has 0 bridgehead atoms. The fourth-order valence-corrected chi connectivity index (χ4v) is 3.22. The molecule has 0 aliphatic carbocycles. The Labute approximate surface area is 174 Å². The lowest BCUT2D eigenvalue weighted by Crippen LogP contribution is -2.52. The molecule has 0 aliphatic rings. The normalized spacial score (nSPS) is 12.6. The largest absolute Gasteiger partial charge is 0.479 e. The third-order valence-corrected chi connectivity index (χ3v) is 5.23. The van der Waals surface area contributed by atoms with Crippen LogP contribution < -0.4 is 14.8 Å². The van der Waals surface area contributed by atoms with E-state index in [-0.39, 0.29) is 16.2 Å². The van der Waals surface area contributed by atoms with Crippen LogP contribution in [-0.4, -0.2) is 37.5 Å². The zero-order valence-electron chi connectivity index (χ0n) is 16.6. The van der Waals surface area contributed by atoms with Gasteiger partial charge in [-0.25, -0.2) is 13.2 Å². The molecule has 1 amide bonds. The van der Waals surface area contributed by atoms with Gasteiger partial charge in [0.25, 0.3) is 5.91 Å². The predicted molar refractivity (Wildman–Crippen MR) is 107 cm³/mol. The van der Waals surface area contributed by atoms with Crippen LogP contribution >= 0.6 is 0 Å². The second-order valence-corrected chi connectivity index (χ2v) is 9.06. The van der Waals surface area contributed by atoms with E-state index in [0.29, 0.717) is 0 Å². The SMILES string of the molecule is CC(C)(C)C(=O)Oc1ccc(S(=O)(=O)NC(NC(=O)c2ccccc2)C(=O)O)cc1. The molecule has 0 saturated heterocycles. The highest BCUT2D eigenvalue weighted by atomic mass is 32.2. The highest BCUT2D eigenvalue weighted by Gasteiger charge is 2.28. The number of carboxylic acid groups (broad SMARTS) is 1. The van der Waals surface area contributed by atoms with Crippen molar-refractivity contribution in [2.24, 2.45) is 5.41 Å². The Morgan fingerprint density at radius 1 is 0.967 bits per heavy atom. The van der Waals surface area contributed by atoms with E-state index >= 15 is 0 Å². The molecule has 2 rings (SSSR count). The molecule has 3 N–H and O–H groups in total. The molecule has 0 aliphatic heterocycles. The highest BCUT2D eigenvalue weighted by Crippen LogP contribution is 2.21. The molecule has 2 aromatic carbocycles. The summed E-state index contributed by atoms with van der Waals surface area (Å²) < 4.78 is 32.1. The van der Waals surface area contributed by atoms with Gasteiger partial charge in [-0.3, -0.25) is 9.59 Å². The number of rotatable bonds is 7. The van der Waals surface area contributed by atoms with Gasteiger partial charge in [-0.2, -0.15) is 4.72 Å². The quantitative estimate of drug-likeness (QED) is 0.343. The average molecular weight is 434 g/mol. The summed E-state index contributed by atoms with van der Waals surface area (Å²) in [5.74, 6) is -2.69. The number of carbonyl (C=O) groups is 3. The Hall–Kier alpha value is -3.24. The number of carbonyl (C=O) groups excluding carboxylic acids is 2. The number of sulfonamides is 1. The van der Waals surface area contributed by atoms with E-state index in [0.717, 1.165) is 12.1 Å². The molecule has 30 heavy (non-hydrogen) atoms. The molecule has 0 radical (unpaired) electrons. The second-order valence-electron chi connectivity index (χ2n) is 7.34. The zero-order chi connectivity index (χ0) is 22.5. The summed E-state index contributed by atoms with van der Waals surface area (Å²) in [6.07, 6.45) is -1.89. The summed E-state index contributed by atoms with van der Waals surface area (Å²) in [5.41, 5.74) is -0.564. The molecule has 160 valence electrons. The van der Waals surface area contributed by atoms with E-state index in [9.17, 15) is 27.9 Å². The van der Waals surface area contributed by atoms with Crippen LogP contribution in [0.25, 0.3) is 0 Å². The number of nitrogens with one attached hydrogen (secondary N) is 2. The van der Waals surface area contributed by atoms with Gasteiger partial charge in [0, 0.05) is 5.56 Å². The van der Waals surface area contributed by atoms with Crippen molar-refractivity contribution in [2.75, 3.05) is 0 Å². The standard InChI is InChI=1S/C20H22N2O7S/c1-20(2,3)19(26)29-14-9-11-15(12-10-14)30(27,28)22-16(18(24)25)21-17(23)13-7-5-4-6-8-13/h4-12,16,22H,1-3H3,(H,21,23)(H,24,25). The van der Waals surface area contributed by atoms with Crippen molar-refractivity contribution >= 4 is 27.9 Å². The molecule has 1 unspecified atom stereocenters. The monoisotopic (exact) mass is 434 g/mol. The van der Waals surface area contributed by atoms with Crippen molar-refractivity contribution in [3.8, 4) is 5.75 Å². The number of carboxylic acids is 1. The lowest BCUT2D eigenvalue weighted by Gasteiger charge is -2.17. The van der Waals surface area contributed by atoms with E-state index in [1.54, 1.807) is 39.0 Å². The van der Waals surface area contributed by atoms with Gasteiger partial charge >= 0.3 is 11.9 Å². The van der Waals surface area contributed by atoms with E-state index in [1.165, 1.54) is 24.3 Å². The summed E-state index contributed by atoms with van der Waals surface area (Å²) >= 11 is 0. The lowest BCUT2D eigenvalue weighted by molar-refractivity contribution is -0.143. The Morgan fingerprint density at radius 3 is 2.03 bits per heavy atom. The molecule has 1 atom stereocenters. The minimum Gasteiger partial charge on any atom is -0.479 e. The second kappa shape index (κ2) is 9.06. The van der Waals surface area contributed by atoms with Crippen molar-refractivity contribution in [1.29, 1.82) is 0 Å². The predicted octanol–water partition coefficient (Wildman–Crippen LogP) is 1.76. The van der Waals surface area contributed by atoms with Crippen LogP contribution in [-0.2, 0) is 19.6 Å². The Morgan fingerprint density at radius 2 is 1.53 bits per heavy atom. The van der Waals surface area contributed by atoms with E-state index in [4.69, 9.17) is 4.74 Å². The maximum Gasteiger partial charge on any atom is 0.342 e. The molecular formula is C20H22N2O7S. The smallest absolute Gasteiger partial charge is 0.342 e. The number of ether oxygens (including phenoxy) is 1. The third-order valence-electron chi connectivity index (χ3n) is 3.79. The van der Waals surface area contributed by atoms with Gasteiger partial charge < -0.3 is 15.2 Å². The van der Waals surface area contributed by atoms with Gasteiger partial charge in [-0.1, -0.05) is 18.2 Å². The fourth-order valence-electron chi connectivity index (χ4n) is 2.12. The Bertz CT molecular complexity index is 1030. The number of aliphatic carboxylic acids is 1. The molecule has 0 saturated carbocycles. The van der Waals surface area contributed by atoms with Crippen LogP contribution in [0.4, 0.5) is 0 Å². The summed E-state index contributed by atoms with van der Waals surface area (Å²) in [5, 5.41) is 11.4. The topological polar surface area (TPSA) is 139 Å². The maximum absolute atomic E-state index is 12.5. The molecule has 2 aromatic rings. The molecule has 0 spiro atoms. The summed E-state index contributed by atoms with van der Waals surface area (Å²) in [6, 6.07) is 12.6. The van der Waals surface area contributed by atoms with Gasteiger partial charge in [0.2, 0.25) is 10.0 Å². The number of esters is 1. The molecule has 0 fully saturated rings. The van der Waals surface area contributed by atoms with Crippen LogP contribution in [0.1, 0.15) is 31.1 Å². The minimum absolute atomic E-state index is 0.140. The molecule has 0 heterocycles. The van der Waals surface area contributed by atoms with Crippen molar-refractivity contribution in [3.05, 3.63) is 60.2 Å². The van der Waals surface area contributed by atoms with Gasteiger partial charge in [0.05, 0.1) is 10.3 Å². The van der Waals surface area contributed by atoms with Crippen LogP contribution in [0, 0.1) is 5.41 Å². The van der Waals surface area contributed by atoms with Gasteiger partial charge in [-0.05, 0) is 57.2 Å². The molecular weight excluding hydrogens is 412 g/mol. The van der Waals surface area contributed by atoms with Crippen LogP contribution in [0.2, 0.25) is 0 Å². The van der Waals surface area contributed by atoms with Crippen molar-refractivity contribution in [3.63, 3.8) is 0 Å². The first kappa shape index (κ1) is 23.0. The maximum atomic E-state index is 12.5. The number of benzene rings is 2. The molecule has 0 aromatic heterocycles. The van der Waals surface area contributed by atoms with Crippen LogP contribution in [0.5, 0.6) is 5.75 Å². The average Bonchev–Trinajstić information content (AvgIpc) is 2.67. The first-order valence-corrected chi connectivity index (χ1v) is 10.3. The van der Waals surface area contributed by atoms with Crippen molar-refractivity contribution in [2.45, 2.75) is 31.8 Å². The first-order chi connectivity index (χ1) is 13.9. The summed E-state index contributed by atoms with van der Waals surface area (Å²) in [4.78, 5) is 35.2. The lowest BCUT2D eigenvalue weighted by atomic mass is 9.97. The third kappa shape index (κ3) is 6.13. The summed E-state index contributed by atoms with van der Waals surface area (Å²) in [7, 11) is -4.29. The van der Waals surface area contributed by atoms with Crippen molar-refractivity contribution < 1.29 is 32.6 Å². The highest BCUT2D eigenvalue weighted by molar-refractivity contribution is 7.89. The number of hydrogen-bond acceptors (Lipinski definition) is 6. The van der Waals surface area contributed by atoms with E-state index < -0.39 is 39.4 Å². The van der Waals surface area contributed by atoms with E-state index in [1.807, 2.05) is 4.72 Å². The van der Waals surface area contributed by atoms with Gasteiger partial charge in [-0.15, -0.1) is 0 Å².